The summed E-state index contributed by atoms with van der Waals surface area (Å²) in [7, 11) is 0. The number of hydrogen-bond acceptors (Lipinski definition) is 3. The molecule has 4 heteroatoms. The molecule has 14 heavy (non-hydrogen) atoms. The van der Waals surface area contributed by atoms with E-state index in [9.17, 15) is 9.90 Å². The molecule has 0 amide bonds. The van der Waals surface area contributed by atoms with Crippen LogP contribution < -0.4 is 10.9 Å². The standard InChI is InChI=1S/C10H14N2O2/c13-9-5-8(6-12-10(9)14)7-1-3-11-4-2-7/h5-7,11,13H,1-4H2,(H,12,14). The summed E-state index contributed by atoms with van der Waals surface area (Å²) in [5.41, 5.74) is 0.617. The molecule has 4 nitrogen and oxygen atoms in total. The first-order chi connectivity index (χ1) is 6.77. The van der Waals surface area contributed by atoms with Gasteiger partial charge >= 0.3 is 0 Å². The van der Waals surface area contributed by atoms with E-state index in [0.29, 0.717) is 5.92 Å². The number of aromatic nitrogens is 1. The van der Waals surface area contributed by atoms with Gasteiger partial charge in [-0.3, -0.25) is 4.79 Å². The fourth-order valence-electron chi connectivity index (χ4n) is 1.88. The third kappa shape index (κ3) is 1.80. The molecule has 0 aliphatic carbocycles. The van der Waals surface area contributed by atoms with Crippen molar-refractivity contribution in [1.82, 2.24) is 10.3 Å². The SMILES string of the molecule is O=c1[nH]cc(C2CCNCC2)cc1O. The van der Waals surface area contributed by atoms with Gasteiger partial charge in [-0.15, -0.1) is 0 Å². The van der Waals surface area contributed by atoms with Crippen LogP contribution in [0.4, 0.5) is 0 Å². The van der Waals surface area contributed by atoms with Crippen LogP contribution in [0, 0.1) is 0 Å². The largest absolute Gasteiger partial charge is 0.503 e. The molecule has 0 aromatic carbocycles. The minimum absolute atomic E-state index is 0.180. The summed E-state index contributed by atoms with van der Waals surface area (Å²) in [5, 5.41) is 12.5. The fourth-order valence-corrected chi connectivity index (χ4v) is 1.88. The molecule has 0 bridgehead atoms. The summed E-state index contributed by atoms with van der Waals surface area (Å²) in [6.07, 6.45) is 3.83. The van der Waals surface area contributed by atoms with E-state index in [4.69, 9.17) is 0 Å². The van der Waals surface area contributed by atoms with Crippen LogP contribution >= 0.6 is 0 Å². The number of rotatable bonds is 1. The number of H-pyrrole nitrogens is 1. The predicted molar refractivity (Wildman–Crippen MR) is 53.6 cm³/mol. The Morgan fingerprint density at radius 3 is 2.71 bits per heavy atom. The second-order valence-corrected chi connectivity index (χ2v) is 3.67. The smallest absolute Gasteiger partial charge is 0.290 e. The summed E-state index contributed by atoms with van der Waals surface area (Å²) < 4.78 is 0. The van der Waals surface area contributed by atoms with E-state index in [-0.39, 0.29) is 5.75 Å². The van der Waals surface area contributed by atoms with Crippen LogP contribution in [0.15, 0.2) is 17.1 Å². The monoisotopic (exact) mass is 194 g/mol. The maximum atomic E-state index is 10.9. The maximum absolute atomic E-state index is 10.9. The molecular weight excluding hydrogens is 180 g/mol. The molecule has 3 N–H and O–H groups in total. The zero-order valence-electron chi connectivity index (χ0n) is 7.92. The molecule has 0 radical (unpaired) electrons. The minimum atomic E-state index is -0.414. The summed E-state index contributed by atoms with van der Waals surface area (Å²) in [5.74, 6) is 0.278. The van der Waals surface area contributed by atoms with Crippen molar-refractivity contribution in [3.63, 3.8) is 0 Å². The van der Waals surface area contributed by atoms with Gasteiger partial charge < -0.3 is 15.4 Å². The molecule has 1 saturated heterocycles. The first-order valence-electron chi connectivity index (χ1n) is 4.89. The van der Waals surface area contributed by atoms with Gasteiger partial charge in [0.05, 0.1) is 0 Å². The summed E-state index contributed by atoms with van der Waals surface area (Å²) >= 11 is 0. The molecular formula is C10H14N2O2. The first kappa shape index (κ1) is 9.27. The molecule has 1 aliphatic heterocycles. The lowest BCUT2D eigenvalue weighted by Crippen LogP contribution is -2.26. The van der Waals surface area contributed by atoms with Gasteiger partial charge in [-0.05, 0) is 43.5 Å². The molecule has 1 aromatic heterocycles. The highest BCUT2D eigenvalue weighted by atomic mass is 16.3. The number of hydrogen-bond donors (Lipinski definition) is 3. The van der Waals surface area contributed by atoms with Gasteiger partial charge in [0.25, 0.3) is 5.56 Å². The van der Waals surface area contributed by atoms with Crippen molar-refractivity contribution in [2.24, 2.45) is 0 Å². The molecule has 0 atom stereocenters. The Balaban J connectivity index is 2.22. The van der Waals surface area contributed by atoms with E-state index < -0.39 is 5.56 Å². The van der Waals surface area contributed by atoms with Crippen molar-refractivity contribution in [3.8, 4) is 5.75 Å². The van der Waals surface area contributed by atoms with Crippen molar-refractivity contribution in [2.45, 2.75) is 18.8 Å². The number of aromatic hydroxyl groups is 1. The Labute approximate surface area is 82.0 Å². The van der Waals surface area contributed by atoms with Gasteiger partial charge in [-0.2, -0.15) is 0 Å². The van der Waals surface area contributed by atoms with Crippen molar-refractivity contribution in [3.05, 3.63) is 28.2 Å². The molecule has 76 valence electrons. The molecule has 2 heterocycles. The normalized spacial score (nSPS) is 18.3. The Kier molecular flexibility index (Phi) is 2.54. The lowest BCUT2D eigenvalue weighted by molar-refractivity contribution is 0.446. The number of piperidine rings is 1. The molecule has 1 fully saturated rings. The molecule has 0 unspecified atom stereocenters. The fraction of sp³-hybridized carbons (Fsp3) is 0.500. The average Bonchev–Trinajstić information content (AvgIpc) is 2.23. The third-order valence-corrected chi connectivity index (χ3v) is 2.72. The van der Waals surface area contributed by atoms with Crippen molar-refractivity contribution in [2.75, 3.05) is 13.1 Å². The van der Waals surface area contributed by atoms with Crippen LogP contribution in [0.1, 0.15) is 24.3 Å². The maximum Gasteiger partial charge on any atom is 0.290 e. The summed E-state index contributed by atoms with van der Waals surface area (Å²) in [4.78, 5) is 13.5. The van der Waals surface area contributed by atoms with Gasteiger partial charge in [-0.1, -0.05) is 0 Å². The van der Waals surface area contributed by atoms with Gasteiger partial charge in [-0.25, -0.2) is 0 Å². The number of nitrogens with one attached hydrogen (secondary N) is 2. The zero-order chi connectivity index (χ0) is 9.97. The number of aromatic amines is 1. The van der Waals surface area contributed by atoms with Crippen LogP contribution in [0.2, 0.25) is 0 Å². The van der Waals surface area contributed by atoms with Crippen molar-refractivity contribution >= 4 is 0 Å². The molecule has 1 aliphatic rings. The highest BCUT2D eigenvalue weighted by Gasteiger charge is 2.15. The summed E-state index contributed by atoms with van der Waals surface area (Å²) in [6.45, 7) is 2.01. The van der Waals surface area contributed by atoms with Crippen LogP contribution in [0.5, 0.6) is 5.75 Å². The van der Waals surface area contributed by atoms with Crippen molar-refractivity contribution < 1.29 is 5.11 Å². The van der Waals surface area contributed by atoms with Crippen LogP contribution in [-0.2, 0) is 0 Å². The lowest BCUT2D eigenvalue weighted by atomic mass is 9.91. The Morgan fingerprint density at radius 2 is 2.07 bits per heavy atom. The highest BCUT2D eigenvalue weighted by molar-refractivity contribution is 5.25. The molecule has 1 aromatic rings. The van der Waals surface area contributed by atoms with Gasteiger partial charge in [0.2, 0.25) is 0 Å². The Morgan fingerprint density at radius 1 is 1.36 bits per heavy atom. The second kappa shape index (κ2) is 3.84. The lowest BCUT2D eigenvalue weighted by Gasteiger charge is -2.22. The molecule has 2 rings (SSSR count). The Bertz CT molecular complexity index is 367. The van der Waals surface area contributed by atoms with E-state index in [2.05, 4.69) is 10.3 Å². The van der Waals surface area contributed by atoms with Crippen molar-refractivity contribution in [1.29, 1.82) is 0 Å². The van der Waals surface area contributed by atoms with Gasteiger partial charge in [0.1, 0.15) is 0 Å². The minimum Gasteiger partial charge on any atom is -0.503 e. The molecule has 0 saturated carbocycles. The average molecular weight is 194 g/mol. The van der Waals surface area contributed by atoms with E-state index in [1.54, 1.807) is 12.3 Å². The van der Waals surface area contributed by atoms with E-state index in [1.807, 2.05) is 0 Å². The quantitative estimate of drug-likeness (QED) is 0.611. The third-order valence-electron chi connectivity index (χ3n) is 2.72. The van der Waals surface area contributed by atoms with E-state index >= 15 is 0 Å². The number of pyridine rings is 1. The topological polar surface area (TPSA) is 65.1 Å². The predicted octanol–water partition coefficient (Wildman–Crippen LogP) is 0.547. The Hall–Kier alpha value is -1.29. The van der Waals surface area contributed by atoms with Crippen LogP contribution in [0.25, 0.3) is 0 Å². The van der Waals surface area contributed by atoms with E-state index in [0.717, 1.165) is 31.5 Å². The van der Waals surface area contributed by atoms with Crippen LogP contribution in [-0.4, -0.2) is 23.2 Å². The zero-order valence-corrected chi connectivity index (χ0v) is 7.92. The van der Waals surface area contributed by atoms with Gasteiger partial charge in [0.15, 0.2) is 5.75 Å². The van der Waals surface area contributed by atoms with E-state index in [1.165, 1.54) is 0 Å². The molecule has 0 spiro atoms. The van der Waals surface area contributed by atoms with Gasteiger partial charge in [0, 0.05) is 6.20 Å². The highest BCUT2D eigenvalue weighted by Crippen LogP contribution is 2.25. The second-order valence-electron chi connectivity index (χ2n) is 3.67. The summed E-state index contributed by atoms with van der Waals surface area (Å²) in [6, 6.07) is 1.58. The first-order valence-corrected chi connectivity index (χ1v) is 4.89. The van der Waals surface area contributed by atoms with Crippen LogP contribution in [0.3, 0.4) is 0 Å².